The summed E-state index contributed by atoms with van der Waals surface area (Å²) in [4.78, 5) is 22.9. The van der Waals surface area contributed by atoms with Gasteiger partial charge in [-0.1, -0.05) is 0 Å². The van der Waals surface area contributed by atoms with Crippen molar-refractivity contribution in [3.8, 4) is 11.4 Å². The zero-order valence-corrected chi connectivity index (χ0v) is 15.7. The van der Waals surface area contributed by atoms with E-state index in [1.807, 2.05) is 0 Å². The molecule has 0 saturated heterocycles. The maximum Gasteiger partial charge on any atom is 1.00 e. The molecule has 23 heavy (non-hydrogen) atoms. The van der Waals surface area contributed by atoms with Crippen LogP contribution in [0.2, 0.25) is 0 Å². The minimum Gasteiger partial charge on any atom is -0.543 e. The van der Waals surface area contributed by atoms with Crippen LogP contribution in [0, 0.1) is 5.82 Å². The molecule has 0 bridgehead atoms. The molecule has 0 aliphatic carbocycles. The first-order valence-electron chi connectivity index (χ1n) is 6.26. The quantitative estimate of drug-likeness (QED) is 0.403. The summed E-state index contributed by atoms with van der Waals surface area (Å²) in [5, 5.41) is 14.7. The van der Waals surface area contributed by atoms with E-state index < -0.39 is 22.9 Å². The molecule has 0 unspecified atom stereocenters. The molecule has 0 spiro atoms. The average Bonchev–Trinajstić information content (AvgIpc) is 2.49. The zero-order valence-electron chi connectivity index (χ0n) is 12.6. The molecule has 0 fully saturated rings. The molecule has 9 heteroatoms. The van der Waals surface area contributed by atoms with Gasteiger partial charge in [0.1, 0.15) is 12.4 Å². The van der Waals surface area contributed by atoms with E-state index in [9.17, 15) is 19.1 Å². The van der Waals surface area contributed by atoms with Gasteiger partial charge in [0.05, 0.1) is 24.5 Å². The molecule has 0 saturated carbocycles. The van der Waals surface area contributed by atoms with Crippen LogP contribution in [-0.4, -0.2) is 36.1 Å². The Labute approximate surface area is 173 Å². The number of carboxylic acids is 1. The predicted octanol–water partition coefficient (Wildman–Crippen LogP) is -3.24. The first kappa shape index (κ1) is 19.9. The van der Waals surface area contributed by atoms with Crippen molar-refractivity contribution in [2.75, 3.05) is 20.3 Å². The Kier molecular flexibility index (Phi) is 8.02. The van der Waals surface area contributed by atoms with Crippen molar-refractivity contribution in [2.24, 2.45) is 0 Å². The standard InChI is InChI=1S/C14H13FN2O5.K/c1-21-6-7-22-11-8-17(10-4-2-9(15)3-5-10)16-12(13(11)18)14(19)20;/h2-5,8H,6-7H2,1H3,(H,19,20);/q;+1/p-1. The fourth-order valence-electron chi connectivity index (χ4n) is 1.67. The van der Waals surface area contributed by atoms with Crippen LogP contribution < -0.4 is 66.7 Å². The molecule has 0 amide bonds. The molecule has 0 radical (unpaired) electrons. The molecule has 1 heterocycles. The van der Waals surface area contributed by atoms with Gasteiger partial charge in [-0.25, -0.2) is 9.07 Å². The number of carbonyl (C=O) groups excluding carboxylic acids is 1. The van der Waals surface area contributed by atoms with E-state index in [0.717, 1.165) is 4.68 Å². The number of ether oxygens (including phenoxy) is 2. The maximum absolute atomic E-state index is 12.9. The van der Waals surface area contributed by atoms with E-state index in [0.29, 0.717) is 5.69 Å². The van der Waals surface area contributed by atoms with Gasteiger partial charge in [0.25, 0.3) is 5.43 Å². The summed E-state index contributed by atoms with van der Waals surface area (Å²) in [5.41, 5.74) is -1.32. The van der Waals surface area contributed by atoms with Gasteiger partial charge >= 0.3 is 51.4 Å². The Morgan fingerprint density at radius 2 is 1.96 bits per heavy atom. The van der Waals surface area contributed by atoms with E-state index >= 15 is 0 Å². The van der Waals surface area contributed by atoms with Gasteiger partial charge in [-0.2, -0.15) is 5.10 Å². The van der Waals surface area contributed by atoms with Gasteiger partial charge in [0.2, 0.25) is 0 Å². The second-order valence-corrected chi connectivity index (χ2v) is 4.22. The monoisotopic (exact) mass is 346 g/mol. The summed E-state index contributed by atoms with van der Waals surface area (Å²) in [6, 6.07) is 5.12. The Morgan fingerprint density at radius 3 is 2.52 bits per heavy atom. The molecule has 0 N–H and O–H groups in total. The molecule has 7 nitrogen and oxygen atoms in total. The van der Waals surface area contributed by atoms with E-state index in [1.165, 1.54) is 37.6 Å². The van der Waals surface area contributed by atoms with Crippen molar-refractivity contribution in [1.82, 2.24) is 9.78 Å². The summed E-state index contributed by atoms with van der Waals surface area (Å²) < 4.78 is 24.0. The van der Waals surface area contributed by atoms with Gasteiger partial charge in [0, 0.05) is 7.11 Å². The predicted molar refractivity (Wildman–Crippen MR) is 71.5 cm³/mol. The van der Waals surface area contributed by atoms with Crippen molar-refractivity contribution >= 4 is 5.97 Å². The minimum atomic E-state index is -1.72. The number of hydrogen-bond acceptors (Lipinski definition) is 6. The molecular weight excluding hydrogens is 334 g/mol. The summed E-state index contributed by atoms with van der Waals surface area (Å²) in [5.74, 6) is -2.39. The third kappa shape index (κ3) is 5.20. The minimum absolute atomic E-state index is 0. The normalized spacial score (nSPS) is 10.0. The number of halogens is 1. The fourth-order valence-corrected chi connectivity index (χ4v) is 1.67. The smallest absolute Gasteiger partial charge is 0.543 e. The first-order chi connectivity index (χ1) is 10.5. The van der Waals surface area contributed by atoms with Crippen LogP contribution in [0.3, 0.4) is 0 Å². The summed E-state index contributed by atoms with van der Waals surface area (Å²) in [6.07, 6.45) is 1.22. The van der Waals surface area contributed by atoms with Crippen LogP contribution in [-0.2, 0) is 4.74 Å². The fraction of sp³-hybridized carbons (Fsp3) is 0.214. The van der Waals surface area contributed by atoms with Crippen molar-refractivity contribution in [2.45, 2.75) is 0 Å². The van der Waals surface area contributed by atoms with Crippen LogP contribution in [0.15, 0.2) is 35.3 Å². The van der Waals surface area contributed by atoms with Crippen molar-refractivity contribution < 1.29 is 75.1 Å². The maximum atomic E-state index is 12.9. The Balaban J connectivity index is 0.00000264. The summed E-state index contributed by atoms with van der Waals surface area (Å²) in [7, 11) is 1.46. The van der Waals surface area contributed by atoms with Crippen LogP contribution in [0.5, 0.6) is 5.75 Å². The molecular formula is C14H12FKN2O5. The third-order valence-electron chi connectivity index (χ3n) is 2.72. The molecule has 0 atom stereocenters. The van der Waals surface area contributed by atoms with Gasteiger partial charge in [-0.05, 0) is 24.3 Å². The van der Waals surface area contributed by atoms with E-state index in [-0.39, 0.29) is 70.3 Å². The molecule has 2 aromatic rings. The number of aromatic carboxylic acids is 1. The first-order valence-corrected chi connectivity index (χ1v) is 6.26. The Morgan fingerprint density at radius 1 is 1.30 bits per heavy atom. The van der Waals surface area contributed by atoms with E-state index in [4.69, 9.17) is 9.47 Å². The van der Waals surface area contributed by atoms with Crippen molar-refractivity contribution in [3.63, 3.8) is 0 Å². The van der Waals surface area contributed by atoms with Gasteiger partial charge in [-0.15, -0.1) is 0 Å². The van der Waals surface area contributed by atoms with E-state index in [2.05, 4.69) is 5.10 Å². The number of carboxylic acid groups (broad SMARTS) is 1. The van der Waals surface area contributed by atoms with Crippen LogP contribution in [0.4, 0.5) is 4.39 Å². The SMILES string of the molecule is COCCOc1cn(-c2ccc(F)cc2)nc(C(=O)[O-])c1=O.[K+]. The number of hydrogen-bond donors (Lipinski definition) is 0. The Hall–Kier alpha value is -1.10. The average molecular weight is 346 g/mol. The van der Waals surface area contributed by atoms with Gasteiger partial charge < -0.3 is 19.4 Å². The van der Waals surface area contributed by atoms with Crippen LogP contribution in [0.1, 0.15) is 10.5 Å². The largest absolute Gasteiger partial charge is 1.00 e. The van der Waals surface area contributed by atoms with Crippen molar-refractivity contribution in [3.05, 3.63) is 52.2 Å². The number of benzene rings is 1. The van der Waals surface area contributed by atoms with Gasteiger partial charge in [0.15, 0.2) is 11.4 Å². The molecule has 0 aliphatic rings. The van der Waals surface area contributed by atoms with E-state index in [1.54, 1.807) is 0 Å². The molecule has 1 aromatic heterocycles. The number of aromatic nitrogens is 2. The summed E-state index contributed by atoms with van der Waals surface area (Å²) >= 11 is 0. The molecule has 2 rings (SSSR count). The van der Waals surface area contributed by atoms with Crippen LogP contribution >= 0.6 is 0 Å². The van der Waals surface area contributed by atoms with Crippen LogP contribution in [0.25, 0.3) is 5.69 Å². The third-order valence-corrected chi connectivity index (χ3v) is 2.72. The topological polar surface area (TPSA) is 93.5 Å². The van der Waals surface area contributed by atoms with Crippen molar-refractivity contribution in [1.29, 1.82) is 0 Å². The molecule has 0 aliphatic heterocycles. The number of carbonyl (C=O) groups is 1. The number of rotatable bonds is 6. The summed E-state index contributed by atoms with van der Waals surface area (Å²) in [6.45, 7) is 0.282. The zero-order chi connectivity index (χ0) is 16.1. The molecule has 116 valence electrons. The molecule has 1 aromatic carbocycles. The second-order valence-electron chi connectivity index (χ2n) is 4.22. The second kappa shape index (κ2) is 9.26. The number of methoxy groups -OCH3 is 1. The van der Waals surface area contributed by atoms with Gasteiger partial charge in [-0.3, -0.25) is 4.79 Å². The Bertz CT molecular complexity index is 733. The number of nitrogens with zero attached hydrogens (tertiary/aromatic N) is 2.